The molecule has 1 fully saturated rings. The van der Waals surface area contributed by atoms with Crippen molar-refractivity contribution in [2.24, 2.45) is 0 Å². The maximum Gasteiger partial charge on any atom is 0.323 e. The van der Waals surface area contributed by atoms with E-state index in [4.69, 9.17) is 33.7 Å². The molecule has 0 radical (unpaired) electrons. The van der Waals surface area contributed by atoms with E-state index in [-0.39, 0.29) is 4.32 Å². The Hall–Kier alpha value is -1.83. The Balaban J connectivity index is 1.86. The van der Waals surface area contributed by atoms with Crippen molar-refractivity contribution in [1.82, 2.24) is 4.90 Å². The number of aliphatic carboxylic acids is 1. The number of thioether (sulfide) groups is 1. The summed E-state index contributed by atoms with van der Waals surface area (Å²) in [5, 5.41) is 9.42. The second kappa shape index (κ2) is 6.35. The van der Waals surface area contributed by atoms with Crippen LogP contribution < -0.4 is 4.74 Å². The van der Waals surface area contributed by atoms with Crippen molar-refractivity contribution < 1.29 is 19.4 Å². The third kappa shape index (κ3) is 3.41. The number of amides is 1. The minimum atomic E-state index is -1.11. The fraction of sp³-hybridized carbons (Fsp3) is 0.133. The maximum absolute atomic E-state index is 12.2. The molecule has 23 heavy (non-hydrogen) atoms. The molecule has 1 amide bonds. The molecule has 3 rings (SSSR count). The summed E-state index contributed by atoms with van der Waals surface area (Å²) >= 11 is 12.1. The maximum atomic E-state index is 12.2. The van der Waals surface area contributed by atoms with Crippen molar-refractivity contribution >= 4 is 57.9 Å². The highest BCUT2D eigenvalue weighted by Crippen LogP contribution is 2.34. The number of fused-ring (bicyclic) bond motifs is 1. The highest BCUT2D eigenvalue weighted by Gasteiger charge is 2.33. The fourth-order valence-electron chi connectivity index (χ4n) is 2.19. The molecule has 2 heterocycles. The summed E-state index contributed by atoms with van der Waals surface area (Å²) in [6.07, 6.45) is 3.56. The highest BCUT2D eigenvalue weighted by atomic mass is 35.5. The Kier molecular flexibility index (Phi) is 4.43. The monoisotopic (exact) mass is 367 g/mol. The first-order valence-corrected chi connectivity index (χ1v) is 8.14. The molecule has 1 saturated heterocycles. The number of rotatable bonds is 3. The molecule has 2 aliphatic rings. The molecule has 5 nitrogen and oxygen atoms in total. The lowest BCUT2D eigenvalue weighted by molar-refractivity contribution is -0.140. The van der Waals surface area contributed by atoms with Gasteiger partial charge in [0, 0.05) is 10.6 Å². The molecule has 8 heteroatoms. The van der Waals surface area contributed by atoms with Crippen molar-refractivity contribution in [3.05, 3.63) is 45.3 Å². The van der Waals surface area contributed by atoms with Gasteiger partial charge in [0.2, 0.25) is 0 Å². The van der Waals surface area contributed by atoms with Crippen LogP contribution in [0.15, 0.2) is 34.8 Å². The summed E-state index contributed by atoms with van der Waals surface area (Å²) in [5.41, 5.74) is 1.62. The Labute approximate surface area is 146 Å². The Morgan fingerprint density at radius 2 is 2.30 bits per heavy atom. The standard InChI is InChI=1S/C15H10ClNO4S2/c16-10-1-2-11-9(5-10)3-8(7-21-11)4-12-14(20)17(6-13(18)19)15(22)23-12/h1-5H,6-7H2,(H,18,19)/b12-4-. The van der Waals surface area contributed by atoms with Crippen LogP contribution in [0.3, 0.4) is 0 Å². The molecule has 0 spiro atoms. The van der Waals surface area contributed by atoms with Crippen LogP contribution in [0.1, 0.15) is 5.56 Å². The van der Waals surface area contributed by atoms with Crippen LogP contribution in [0.5, 0.6) is 5.75 Å². The zero-order valence-corrected chi connectivity index (χ0v) is 14.0. The summed E-state index contributed by atoms with van der Waals surface area (Å²) in [5.74, 6) is -0.781. The number of halogens is 1. The number of ether oxygens (including phenoxy) is 1. The summed E-state index contributed by atoms with van der Waals surface area (Å²) in [4.78, 5) is 24.5. The Morgan fingerprint density at radius 1 is 1.52 bits per heavy atom. The van der Waals surface area contributed by atoms with Gasteiger partial charge in [0.1, 0.15) is 23.2 Å². The number of carboxylic acid groups (broad SMARTS) is 1. The Morgan fingerprint density at radius 3 is 3.04 bits per heavy atom. The average molecular weight is 368 g/mol. The number of carboxylic acids is 1. The van der Waals surface area contributed by atoms with E-state index >= 15 is 0 Å². The number of benzene rings is 1. The summed E-state index contributed by atoms with van der Waals surface area (Å²) in [6, 6.07) is 5.31. The summed E-state index contributed by atoms with van der Waals surface area (Å²) in [6.45, 7) is -0.117. The van der Waals surface area contributed by atoms with Gasteiger partial charge in [0.25, 0.3) is 5.91 Å². The SMILES string of the molecule is O=C(O)CN1C(=O)/C(=C/C2=Cc3cc(Cl)ccc3OC2)SC1=S. The van der Waals surface area contributed by atoms with Gasteiger partial charge in [-0.15, -0.1) is 0 Å². The second-order valence-electron chi connectivity index (χ2n) is 4.85. The number of thiocarbonyl (C=S) groups is 1. The minimum Gasteiger partial charge on any atom is -0.488 e. The van der Waals surface area contributed by atoms with Crippen molar-refractivity contribution in [2.75, 3.05) is 13.2 Å². The zero-order valence-electron chi connectivity index (χ0n) is 11.6. The molecule has 118 valence electrons. The summed E-state index contributed by atoms with van der Waals surface area (Å²) in [7, 11) is 0. The van der Waals surface area contributed by atoms with Crippen molar-refractivity contribution in [3.63, 3.8) is 0 Å². The van der Waals surface area contributed by atoms with Crippen LogP contribution in [0, 0.1) is 0 Å². The van der Waals surface area contributed by atoms with Gasteiger partial charge in [-0.1, -0.05) is 35.6 Å². The van der Waals surface area contributed by atoms with Crippen molar-refractivity contribution in [3.8, 4) is 5.75 Å². The van der Waals surface area contributed by atoms with Gasteiger partial charge in [-0.2, -0.15) is 0 Å². The molecular formula is C15H10ClNO4S2. The normalized spacial score (nSPS) is 18.7. The molecule has 1 N–H and O–H groups in total. The van der Waals surface area contributed by atoms with E-state index in [1.54, 1.807) is 24.3 Å². The molecule has 0 atom stereocenters. The van der Waals surface area contributed by atoms with Crippen LogP contribution >= 0.6 is 35.6 Å². The van der Waals surface area contributed by atoms with Crippen LogP contribution in [-0.4, -0.2) is 39.4 Å². The number of carbonyl (C=O) groups excluding carboxylic acids is 1. The first-order valence-electron chi connectivity index (χ1n) is 6.54. The van der Waals surface area contributed by atoms with Crippen molar-refractivity contribution in [2.45, 2.75) is 0 Å². The van der Waals surface area contributed by atoms with Gasteiger partial charge in [-0.05, 0) is 35.9 Å². The number of nitrogens with zero attached hydrogens (tertiary/aromatic N) is 1. The number of carbonyl (C=O) groups is 2. The van der Waals surface area contributed by atoms with Crippen LogP contribution in [0.4, 0.5) is 0 Å². The van der Waals surface area contributed by atoms with Crippen LogP contribution in [-0.2, 0) is 9.59 Å². The van der Waals surface area contributed by atoms with E-state index in [0.29, 0.717) is 16.5 Å². The Bertz CT molecular complexity index is 788. The second-order valence-corrected chi connectivity index (χ2v) is 6.96. The quantitative estimate of drug-likeness (QED) is 0.654. The first-order chi connectivity index (χ1) is 10.9. The largest absolute Gasteiger partial charge is 0.488 e. The average Bonchev–Trinajstić information content (AvgIpc) is 2.74. The van der Waals surface area contributed by atoms with Gasteiger partial charge in [-0.25, -0.2) is 0 Å². The number of hydrogen-bond acceptors (Lipinski definition) is 5. The predicted molar refractivity (Wildman–Crippen MR) is 92.5 cm³/mol. The lowest BCUT2D eigenvalue weighted by atomic mass is 10.1. The van der Waals surface area contributed by atoms with Crippen LogP contribution in [0.2, 0.25) is 5.02 Å². The fourth-order valence-corrected chi connectivity index (χ4v) is 3.64. The zero-order chi connectivity index (χ0) is 16.6. The molecular weight excluding hydrogens is 358 g/mol. The lowest BCUT2D eigenvalue weighted by Gasteiger charge is -2.16. The third-order valence-corrected chi connectivity index (χ3v) is 4.80. The van der Waals surface area contributed by atoms with Crippen LogP contribution in [0.25, 0.3) is 6.08 Å². The van der Waals surface area contributed by atoms with Gasteiger partial charge in [0.05, 0.1) is 4.91 Å². The summed E-state index contributed by atoms with van der Waals surface area (Å²) < 4.78 is 5.86. The molecule has 0 unspecified atom stereocenters. The highest BCUT2D eigenvalue weighted by molar-refractivity contribution is 8.26. The van der Waals surface area contributed by atoms with Gasteiger partial charge < -0.3 is 9.84 Å². The van der Waals surface area contributed by atoms with Gasteiger partial charge in [0.15, 0.2) is 0 Å². The van der Waals surface area contributed by atoms with Crippen molar-refractivity contribution in [1.29, 1.82) is 0 Å². The minimum absolute atomic E-state index is 0.240. The molecule has 0 aliphatic carbocycles. The van der Waals surface area contributed by atoms with E-state index in [2.05, 4.69) is 0 Å². The number of hydrogen-bond donors (Lipinski definition) is 1. The third-order valence-electron chi connectivity index (χ3n) is 3.19. The van der Waals surface area contributed by atoms with E-state index < -0.39 is 18.4 Å². The van der Waals surface area contributed by atoms with Gasteiger partial charge in [-0.3, -0.25) is 14.5 Å². The predicted octanol–water partition coefficient (Wildman–Crippen LogP) is 2.94. The smallest absolute Gasteiger partial charge is 0.323 e. The molecule has 1 aromatic rings. The molecule has 1 aromatic carbocycles. The lowest BCUT2D eigenvalue weighted by Crippen LogP contribution is -2.33. The van der Waals surface area contributed by atoms with E-state index in [1.807, 2.05) is 6.08 Å². The first kappa shape index (κ1) is 16.0. The van der Waals surface area contributed by atoms with E-state index in [0.717, 1.165) is 33.5 Å². The molecule has 2 aliphatic heterocycles. The topological polar surface area (TPSA) is 66.8 Å². The van der Waals surface area contributed by atoms with E-state index in [9.17, 15) is 9.59 Å². The van der Waals surface area contributed by atoms with Gasteiger partial charge >= 0.3 is 5.97 Å². The van der Waals surface area contributed by atoms with E-state index in [1.165, 1.54) is 0 Å². The molecule has 0 aromatic heterocycles. The molecule has 0 saturated carbocycles. The molecule has 0 bridgehead atoms.